The Morgan fingerprint density at radius 2 is 1.78 bits per heavy atom. The molecule has 6 heteroatoms. The van der Waals surface area contributed by atoms with Gasteiger partial charge in [0.2, 0.25) is 0 Å². The van der Waals surface area contributed by atoms with Crippen molar-refractivity contribution in [3.63, 3.8) is 0 Å². The smallest absolute Gasteiger partial charge is 0.269 e. The summed E-state index contributed by atoms with van der Waals surface area (Å²) in [6.45, 7) is 1.94. The maximum atomic E-state index is 12.0. The van der Waals surface area contributed by atoms with E-state index in [1.807, 2.05) is 19.1 Å². The van der Waals surface area contributed by atoms with Crippen LogP contribution >= 0.6 is 11.6 Å². The molecule has 1 aliphatic rings. The summed E-state index contributed by atoms with van der Waals surface area (Å²) in [7, 11) is 0. The molecular weight excluding hydrogens is 366 g/mol. The number of non-ortho nitro benzene ring substituents is 1. The van der Waals surface area contributed by atoms with E-state index in [2.05, 4.69) is 0 Å². The van der Waals surface area contributed by atoms with Gasteiger partial charge in [0.25, 0.3) is 5.69 Å². The monoisotopic (exact) mass is 383 g/mol. The van der Waals surface area contributed by atoms with Crippen LogP contribution in [-0.4, -0.2) is 15.8 Å². The number of hydrogen-bond donors (Lipinski definition) is 1. The third-order valence-electron chi connectivity index (χ3n) is 4.81. The number of aliphatic hydroxyl groups excluding tert-OH is 1. The molecule has 5 nitrogen and oxygen atoms in total. The maximum Gasteiger partial charge on any atom is 0.269 e. The first kappa shape index (κ1) is 19.0. The molecule has 0 aromatic heterocycles. The van der Waals surface area contributed by atoms with Crippen LogP contribution < -0.4 is 0 Å². The predicted octanol–water partition coefficient (Wildman–Crippen LogP) is 4.90. The third-order valence-corrected chi connectivity index (χ3v) is 5.06. The second-order valence-electron chi connectivity index (χ2n) is 6.49. The summed E-state index contributed by atoms with van der Waals surface area (Å²) in [5.41, 5.74) is 3.26. The average Bonchev–Trinajstić information content (AvgIpc) is 2.67. The van der Waals surface area contributed by atoms with E-state index in [0.29, 0.717) is 10.6 Å². The third kappa shape index (κ3) is 4.15. The van der Waals surface area contributed by atoms with E-state index < -0.39 is 16.9 Å². The molecule has 0 saturated carbocycles. The first-order valence-corrected chi connectivity index (χ1v) is 8.84. The molecule has 2 aromatic rings. The van der Waals surface area contributed by atoms with E-state index >= 15 is 0 Å². The molecule has 3 rings (SSSR count). The van der Waals surface area contributed by atoms with Crippen molar-refractivity contribution >= 4 is 28.6 Å². The molecule has 0 saturated heterocycles. The zero-order chi connectivity index (χ0) is 19.6. The van der Waals surface area contributed by atoms with Gasteiger partial charge in [0, 0.05) is 29.5 Å². The summed E-state index contributed by atoms with van der Waals surface area (Å²) < 4.78 is 0. The maximum absolute atomic E-state index is 12.0. The highest BCUT2D eigenvalue weighted by Gasteiger charge is 2.30. The Morgan fingerprint density at radius 3 is 2.37 bits per heavy atom. The highest BCUT2D eigenvalue weighted by atomic mass is 35.5. The topological polar surface area (TPSA) is 80.4 Å². The van der Waals surface area contributed by atoms with Crippen molar-refractivity contribution in [3.8, 4) is 0 Å². The van der Waals surface area contributed by atoms with E-state index in [0.717, 1.165) is 16.7 Å². The van der Waals surface area contributed by atoms with Gasteiger partial charge in [-0.1, -0.05) is 29.8 Å². The van der Waals surface area contributed by atoms with E-state index in [1.165, 1.54) is 30.3 Å². The number of carbonyl (C=O) groups is 1. The van der Waals surface area contributed by atoms with Gasteiger partial charge in [-0.05, 0) is 59.5 Å². The Hall–Kier alpha value is -2.76. The summed E-state index contributed by atoms with van der Waals surface area (Å²) in [6, 6.07) is 13.1. The Balaban J connectivity index is 1.98. The Morgan fingerprint density at radius 1 is 1.15 bits per heavy atom. The number of halogens is 1. The number of nitrogens with zero attached hydrogens (tertiary/aromatic N) is 1. The van der Waals surface area contributed by atoms with Gasteiger partial charge in [-0.2, -0.15) is 0 Å². The van der Waals surface area contributed by atoms with Crippen molar-refractivity contribution in [2.45, 2.75) is 19.4 Å². The van der Waals surface area contributed by atoms with Crippen LogP contribution in [0.2, 0.25) is 5.02 Å². The van der Waals surface area contributed by atoms with Crippen LogP contribution in [0.4, 0.5) is 5.69 Å². The fourth-order valence-corrected chi connectivity index (χ4v) is 3.40. The van der Waals surface area contributed by atoms with Gasteiger partial charge in [0.15, 0.2) is 5.78 Å². The molecule has 2 aromatic carbocycles. The molecule has 0 amide bonds. The molecule has 0 aliphatic heterocycles. The molecule has 2 atom stereocenters. The number of benzene rings is 2. The summed E-state index contributed by atoms with van der Waals surface area (Å²) in [5, 5.41) is 22.3. The average molecular weight is 384 g/mol. The number of hydrogen-bond acceptors (Lipinski definition) is 4. The van der Waals surface area contributed by atoms with Crippen LogP contribution in [-0.2, 0) is 4.79 Å². The zero-order valence-corrected chi connectivity index (χ0v) is 15.4. The van der Waals surface area contributed by atoms with Crippen molar-refractivity contribution in [2.24, 2.45) is 5.92 Å². The molecule has 1 N–H and O–H groups in total. The molecule has 0 unspecified atom stereocenters. The first-order chi connectivity index (χ1) is 12.9. The Kier molecular flexibility index (Phi) is 5.54. The number of allylic oxidation sites excluding steroid dienone is 3. The standard InChI is InChI=1S/C21H18ClNO4/c1-13(14-2-6-16(22)7-3-14)19-11-10-18(24)12-20(19)21(25)15-4-8-17(9-5-15)23(26)27/h2-11,20-21,25H,12H2,1H3/b19-13+/t20-,21+/m0/s1. The van der Waals surface area contributed by atoms with Crippen molar-refractivity contribution in [3.05, 3.63) is 92.5 Å². The molecule has 0 bridgehead atoms. The van der Waals surface area contributed by atoms with Crippen LogP contribution in [0, 0.1) is 16.0 Å². The molecule has 0 spiro atoms. The number of nitro benzene ring substituents is 1. The Bertz CT molecular complexity index is 930. The second kappa shape index (κ2) is 7.86. The molecule has 1 aliphatic carbocycles. The number of nitro groups is 1. The van der Waals surface area contributed by atoms with Crippen molar-refractivity contribution in [1.29, 1.82) is 0 Å². The zero-order valence-electron chi connectivity index (χ0n) is 14.6. The van der Waals surface area contributed by atoms with Gasteiger partial charge in [-0.25, -0.2) is 0 Å². The van der Waals surface area contributed by atoms with Gasteiger partial charge in [-0.15, -0.1) is 0 Å². The number of aliphatic hydroxyl groups is 1. The number of carbonyl (C=O) groups excluding carboxylic acids is 1. The van der Waals surface area contributed by atoms with Crippen LogP contribution in [0.15, 0.2) is 66.3 Å². The van der Waals surface area contributed by atoms with Crippen LogP contribution in [0.25, 0.3) is 5.57 Å². The van der Waals surface area contributed by atoms with Gasteiger partial charge in [-0.3, -0.25) is 14.9 Å². The summed E-state index contributed by atoms with van der Waals surface area (Å²) in [5.74, 6) is -0.492. The summed E-state index contributed by atoms with van der Waals surface area (Å²) in [4.78, 5) is 22.3. The van der Waals surface area contributed by atoms with Crippen LogP contribution in [0.5, 0.6) is 0 Å². The highest BCUT2D eigenvalue weighted by molar-refractivity contribution is 6.30. The minimum atomic E-state index is -0.947. The minimum absolute atomic E-state index is 0.0429. The molecule has 0 fully saturated rings. The lowest BCUT2D eigenvalue weighted by atomic mass is 9.78. The van der Waals surface area contributed by atoms with Crippen molar-refractivity contribution in [1.82, 2.24) is 0 Å². The quantitative estimate of drug-likeness (QED) is 0.601. The number of ketones is 1. The molecule has 138 valence electrons. The highest BCUT2D eigenvalue weighted by Crippen LogP contribution is 2.38. The summed E-state index contributed by atoms with van der Waals surface area (Å²) >= 11 is 5.95. The second-order valence-corrected chi connectivity index (χ2v) is 6.93. The lowest BCUT2D eigenvalue weighted by Gasteiger charge is -2.28. The van der Waals surface area contributed by atoms with E-state index in [1.54, 1.807) is 18.2 Å². The molecule has 27 heavy (non-hydrogen) atoms. The van der Waals surface area contributed by atoms with Gasteiger partial charge in [0.05, 0.1) is 11.0 Å². The van der Waals surface area contributed by atoms with Crippen LogP contribution in [0.1, 0.15) is 30.6 Å². The largest absolute Gasteiger partial charge is 0.388 e. The minimum Gasteiger partial charge on any atom is -0.388 e. The van der Waals surface area contributed by atoms with Crippen molar-refractivity contribution < 1.29 is 14.8 Å². The molecule has 0 heterocycles. The van der Waals surface area contributed by atoms with E-state index in [4.69, 9.17) is 11.6 Å². The fraction of sp³-hybridized carbons (Fsp3) is 0.190. The lowest BCUT2D eigenvalue weighted by Crippen LogP contribution is -2.21. The lowest BCUT2D eigenvalue weighted by molar-refractivity contribution is -0.384. The van der Waals surface area contributed by atoms with Crippen LogP contribution in [0.3, 0.4) is 0 Å². The fourth-order valence-electron chi connectivity index (χ4n) is 3.28. The Labute approximate surface area is 161 Å². The molecule has 0 radical (unpaired) electrons. The molecular formula is C21H18ClNO4. The first-order valence-electron chi connectivity index (χ1n) is 8.47. The van der Waals surface area contributed by atoms with Crippen molar-refractivity contribution in [2.75, 3.05) is 0 Å². The predicted molar refractivity (Wildman–Crippen MR) is 104 cm³/mol. The number of rotatable bonds is 4. The van der Waals surface area contributed by atoms with E-state index in [9.17, 15) is 20.0 Å². The van der Waals surface area contributed by atoms with Gasteiger partial charge in [0.1, 0.15) is 0 Å². The van der Waals surface area contributed by atoms with E-state index in [-0.39, 0.29) is 17.9 Å². The van der Waals surface area contributed by atoms with Gasteiger partial charge >= 0.3 is 0 Å². The SMILES string of the molecule is C/C(=C1/C=CC(=O)C[C@@H]1[C@H](O)c1ccc([N+](=O)[O-])cc1)c1ccc(Cl)cc1. The normalized spacial score (nSPS) is 19.7. The summed E-state index contributed by atoms with van der Waals surface area (Å²) in [6.07, 6.45) is 2.49. The van der Waals surface area contributed by atoms with Gasteiger partial charge < -0.3 is 5.11 Å².